The van der Waals surface area contributed by atoms with E-state index in [4.69, 9.17) is 0 Å². The molecule has 1 aliphatic heterocycles. The van der Waals surface area contributed by atoms with Crippen LogP contribution >= 0.6 is 0 Å². The molecule has 4 nitrogen and oxygen atoms in total. The van der Waals surface area contributed by atoms with Gasteiger partial charge in [-0.1, -0.05) is 78.9 Å². The summed E-state index contributed by atoms with van der Waals surface area (Å²) in [5.41, 5.74) is 6.16. The van der Waals surface area contributed by atoms with Crippen LogP contribution in [-0.2, 0) is 19.5 Å². The fourth-order valence-electron chi connectivity index (χ4n) is 4.44. The molecule has 0 fully saturated rings. The van der Waals surface area contributed by atoms with Crippen LogP contribution in [-0.4, -0.2) is 23.1 Å². The van der Waals surface area contributed by atoms with Crippen LogP contribution < -0.4 is 5.32 Å². The number of carbonyl (C=O) groups excluding carboxylic acids is 2. The van der Waals surface area contributed by atoms with E-state index in [1.807, 2.05) is 48.5 Å². The monoisotopic (exact) mass is 446 g/mol. The Morgan fingerprint density at radius 2 is 1.38 bits per heavy atom. The highest BCUT2D eigenvalue weighted by molar-refractivity contribution is 6.15. The van der Waals surface area contributed by atoms with Crippen molar-refractivity contribution >= 4 is 17.4 Å². The number of hydrogen-bond donors (Lipinski definition) is 1. The molecule has 0 saturated carbocycles. The predicted octanol–water partition coefficient (Wildman–Crippen LogP) is 5.73. The summed E-state index contributed by atoms with van der Waals surface area (Å²) < 4.78 is 0. The molecule has 0 spiro atoms. The van der Waals surface area contributed by atoms with Crippen molar-refractivity contribution in [1.82, 2.24) is 4.90 Å². The lowest BCUT2D eigenvalue weighted by molar-refractivity contribution is 0.102. The molecule has 0 saturated heterocycles. The lowest BCUT2D eigenvalue weighted by atomic mass is 9.99. The third-order valence-corrected chi connectivity index (χ3v) is 6.29. The molecular weight excluding hydrogens is 420 g/mol. The molecule has 0 aromatic heterocycles. The average Bonchev–Trinajstić information content (AvgIpc) is 2.89. The zero-order chi connectivity index (χ0) is 23.3. The second-order valence-electron chi connectivity index (χ2n) is 8.62. The van der Waals surface area contributed by atoms with Crippen LogP contribution in [0.2, 0.25) is 0 Å². The van der Waals surface area contributed by atoms with Gasteiger partial charge in [0.05, 0.1) is 5.69 Å². The van der Waals surface area contributed by atoms with E-state index in [2.05, 4.69) is 34.5 Å². The van der Waals surface area contributed by atoms with Gasteiger partial charge < -0.3 is 5.32 Å². The zero-order valence-electron chi connectivity index (χ0n) is 18.9. The Kier molecular flexibility index (Phi) is 6.32. The number of benzene rings is 4. The van der Waals surface area contributed by atoms with Crippen LogP contribution in [0.25, 0.3) is 0 Å². The first kappa shape index (κ1) is 21.8. The molecule has 0 bridgehead atoms. The number of fused-ring (bicyclic) bond motifs is 1. The average molecular weight is 447 g/mol. The molecular formula is C30H26N2O2. The second-order valence-corrected chi connectivity index (χ2v) is 8.62. The molecule has 4 aromatic rings. The number of ketones is 1. The van der Waals surface area contributed by atoms with E-state index in [1.54, 1.807) is 30.3 Å². The Morgan fingerprint density at radius 1 is 0.706 bits per heavy atom. The number of carbonyl (C=O) groups is 2. The number of nitrogens with one attached hydrogen (secondary N) is 1. The Labute approximate surface area is 199 Å². The molecule has 168 valence electrons. The Hall–Kier alpha value is -4.02. The highest BCUT2D eigenvalue weighted by Gasteiger charge is 2.17. The third kappa shape index (κ3) is 4.82. The van der Waals surface area contributed by atoms with E-state index in [9.17, 15) is 9.59 Å². The van der Waals surface area contributed by atoms with Crippen molar-refractivity contribution in [3.05, 3.63) is 137 Å². The van der Waals surface area contributed by atoms with Crippen LogP contribution in [0.5, 0.6) is 0 Å². The molecule has 4 aromatic carbocycles. The number of anilines is 1. The zero-order valence-corrected chi connectivity index (χ0v) is 18.9. The van der Waals surface area contributed by atoms with Crippen molar-refractivity contribution < 1.29 is 9.59 Å². The van der Waals surface area contributed by atoms with E-state index < -0.39 is 0 Å². The van der Waals surface area contributed by atoms with Gasteiger partial charge in [-0.2, -0.15) is 0 Å². The van der Waals surface area contributed by atoms with Crippen LogP contribution in [0.4, 0.5) is 5.69 Å². The Bertz CT molecular complexity index is 1310. The highest BCUT2D eigenvalue weighted by Crippen LogP contribution is 2.22. The van der Waals surface area contributed by atoms with Gasteiger partial charge in [0, 0.05) is 36.3 Å². The van der Waals surface area contributed by atoms with Crippen molar-refractivity contribution in [3.8, 4) is 0 Å². The van der Waals surface area contributed by atoms with Crippen molar-refractivity contribution in [1.29, 1.82) is 0 Å². The largest absolute Gasteiger partial charge is 0.321 e. The molecule has 0 unspecified atom stereocenters. The summed E-state index contributed by atoms with van der Waals surface area (Å²) in [6, 6.07) is 32.6. The first-order chi connectivity index (χ1) is 16.7. The molecule has 0 atom stereocenters. The van der Waals surface area contributed by atoms with Gasteiger partial charge in [0.2, 0.25) is 0 Å². The SMILES string of the molecule is O=C(Nc1ccccc1C(=O)c1ccccc1)c1ccc(CN2CCc3ccccc3C2)cc1. The third-order valence-electron chi connectivity index (χ3n) is 6.29. The fourth-order valence-corrected chi connectivity index (χ4v) is 4.44. The predicted molar refractivity (Wildman–Crippen MR) is 135 cm³/mol. The maximum absolute atomic E-state index is 12.9. The summed E-state index contributed by atoms with van der Waals surface area (Å²) in [5, 5.41) is 2.92. The number of hydrogen-bond acceptors (Lipinski definition) is 3. The van der Waals surface area contributed by atoms with Crippen molar-refractivity contribution in [3.63, 3.8) is 0 Å². The van der Waals surface area contributed by atoms with E-state index in [0.717, 1.165) is 26.1 Å². The smallest absolute Gasteiger partial charge is 0.255 e. The van der Waals surface area contributed by atoms with E-state index in [0.29, 0.717) is 22.4 Å². The quantitative estimate of drug-likeness (QED) is 0.385. The summed E-state index contributed by atoms with van der Waals surface area (Å²) in [4.78, 5) is 28.3. The molecule has 4 heteroatoms. The molecule has 1 aliphatic rings. The molecule has 34 heavy (non-hydrogen) atoms. The van der Waals surface area contributed by atoms with Gasteiger partial charge in [-0.05, 0) is 47.4 Å². The molecule has 5 rings (SSSR count). The number of rotatable bonds is 6. The minimum Gasteiger partial charge on any atom is -0.321 e. The molecule has 1 heterocycles. The summed E-state index contributed by atoms with van der Waals surface area (Å²) in [7, 11) is 0. The van der Waals surface area contributed by atoms with Crippen LogP contribution in [0.1, 0.15) is 43.0 Å². The van der Waals surface area contributed by atoms with Crippen LogP contribution in [0.15, 0.2) is 103 Å². The number of para-hydroxylation sites is 1. The lowest BCUT2D eigenvalue weighted by Crippen LogP contribution is -2.29. The van der Waals surface area contributed by atoms with Gasteiger partial charge in [0.25, 0.3) is 5.91 Å². The van der Waals surface area contributed by atoms with Crippen molar-refractivity contribution in [2.45, 2.75) is 19.5 Å². The van der Waals surface area contributed by atoms with E-state index in [1.165, 1.54) is 16.7 Å². The van der Waals surface area contributed by atoms with Gasteiger partial charge in [-0.25, -0.2) is 0 Å². The Balaban J connectivity index is 1.26. The highest BCUT2D eigenvalue weighted by atomic mass is 16.1. The fraction of sp³-hybridized carbons (Fsp3) is 0.133. The standard InChI is InChI=1S/C30H26N2O2/c33-29(24-9-2-1-3-10-24)27-12-6-7-13-28(27)31-30(34)25-16-14-22(15-17-25)20-32-19-18-23-8-4-5-11-26(23)21-32/h1-17H,18-21H2,(H,31,34). The first-order valence-electron chi connectivity index (χ1n) is 11.6. The molecule has 0 radical (unpaired) electrons. The topological polar surface area (TPSA) is 49.4 Å². The minimum atomic E-state index is -0.230. The Morgan fingerprint density at radius 3 is 2.18 bits per heavy atom. The maximum Gasteiger partial charge on any atom is 0.255 e. The molecule has 1 N–H and O–H groups in total. The molecule has 1 amide bonds. The van der Waals surface area contributed by atoms with Gasteiger partial charge in [-0.3, -0.25) is 14.5 Å². The van der Waals surface area contributed by atoms with Crippen LogP contribution in [0, 0.1) is 0 Å². The summed E-state index contributed by atoms with van der Waals surface area (Å²) >= 11 is 0. The minimum absolute atomic E-state index is 0.116. The maximum atomic E-state index is 12.9. The second kappa shape index (κ2) is 9.86. The van der Waals surface area contributed by atoms with Gasteiger partial charge in [0.1, 0.15) is 0 Å². The van der Waals surface area contributed by atoms with Crippen molar-refractivity contribution in [2.24, 2.45) is 0 Å². The van der Waals surface area contributed by atoms with Gasteiger partial charge in [-0.15, -0.1) is 0 Å². The van der Waals surface area contributed by atoms with E-state index in [-0.39, 0.29) is 11.7 Å². The first-order valence-corrected chi connectivity index (χ1v) is 11.6. The summed E-state index contributed by atoms with van der Waals surface area (Å²) in [6.45, 7) is 2.83. The van der Waals surface area contributed by atoms with E-state index >= 15 is 0 Å². The normalized spacial score (nSPS) is 13.2. The van der Waals surface area contributed by atoms with Gasteiger partial charge in [0.15, 0.2) is 5.78 Å². The van der Waals surface area contributed by atoms with Crippen LogP contribution in [0.3, 0.4) is 0 Å². The number of nitrogens with zero attached hydrogens (tertiary/aromatic N) is 1. The lowest BCUT2D eigenvalue weighted by Gasteiger charge is -2.28. The number of amides is 1. The van der Waals surface area contributed by atoms with Crippen molar-refractivity contribution in [2.75, 3.05) is 11.9 Å². The summed E-state index contributed by atoms with van der Waals surface area (Å²) in [6.07, 6.45) is 1.07. The molecule has 0 aliphatic carbocycles. The summed E-state index contributed by atoms with van der Waals surface area (Å²) in [5.74, 6) is -0.346. The van der Waals surface area contributed by atoms with Gasteiger partial charge >= 0.3 is 0 Å².